The van der Waals surface area contributed by atoms with Crippen molar-refractivity contribution >= 4 is 43.1 Å². The summed E-state index contributed by atoms with van der Waals surface area (Å²) in [5.74, 6) is 0.174. The van der Waals surface area contributed by atoms with Crippen LogP contribution in [0.25, 0.3) is 10.1 Å². The Kier molecular flexibility index (Phi) is 3.22. The molecule has 0 N–H and O–H groups in total. The van der Waals surface area contributed by atoms with Crippen LogP contribution in [0, 0.1) is 0 Å². The van der Waals surface area contributed by atoms with Crippen molar-refractivity contribution in [3.63, 3.8) is 0 Å². The summed E-state index contributed by atoms with van der Waals surface area (Å²) < 4.78 is 1.18. The van der Waals surface area contributed by atoms with Gasteiger partial charge in [-0.05, 0) is 29.3 Å². The van der Waals surface area contributed by atoms with Gasteiger partial charge >= 0.3 is 0 Å². The summed E-state index contributed by atoms with van der Waals surface area (Å²) in [6.45, 7) is 2.00. The van der Waals surface area contributed by atoms with Crippen LogP contribution in [-0.4, -0.2) is 10.6 Å². The van der Waals surface area contributed by atoms with Crippen molar-refractivity contribution in [2.45, 2.75) is 18.2 Å². The number of benzene rings is 1. The van der Waals surface area contributed by atoms with Crippen molar-refractivity contribution in [3.8, 4) is 0 Å². The Bertz CT molecular complexity index is 489. The van der Waals surface area contributed by atoms with Crippen molar-refractivity contribution in [2.24, 2.45) is 0 Å². The van der Waals surface area contributed by atoms with Gasteiger partial charge in [-0.1, -0.05) is 35.0 Å². The Balaban J connectivity index is 2.39. The third kappa shape index (κ3) is 2.13. The third-order valence-electron chi connectivity index (χ3n) is 2.38. The highest BCUT2D eigenvalue weighted by atomic mass is 79.9. The van der Waals surface area contributed by atoms with Crippen molar-refractivity contribution in [1.82, 2.24) is 0 Å². The molecular weight excluding hydrogens is 272 g/mol. The first-order valence-electron chi connectivity index (χ1n) is 4.88. The van der Waals surface area contributed by atoms with Crippen LogP contribution in [0.1, 0.15) is 23.7 Å². The first kappa shape index (κ1) is 10.8. The van der Waals surface area contributed by atoms with Crippen LogP contribution < -0.4 is 0 Å². The molecule has 1 heterocycles. The third-order valence-corrected chi connectivity index (χ3v) is 4.33. The van der Waals surface area contributed by atoms with Gasteiger partial charge in [0.15, 0.2) is 5.78 Å². The van der Waals surface area contributed by atoms with Crippen molar-refractivity contribution in [2.75, 3.05) is 0 Å². The van der Waals surface area contributed by atoms with Gasteiger partial charge < -0.3 is 0 Å². The first-order valence-corrected chi connectivity index (χ1v) is 6.67. The largest absolute Gasteiger partial charge is 0.293 e. The molecule has 1 nitrogen and oxygen atoms in total. The zero-order valence-corrected chi connectivity index (χ0v) is 10.8. The molecule has 0 fully saturated rings. The van der Waals surface area contributed by atoms with E-state index in [2.05, 4.69) is 22.0 Å². The molecule has 3 heteroatoms. The molecule has 0 saturated carbocycles. The average Bonchev–Trinajstić information content (AvgIpc) is 2.73. The number of alkyl halides is 1. The normalized spacial score (nSPS) is 12.9. The quantitative estimate of drug-likeness (QED) is 0.607. The van der Waals surface area contributed by atoms with Gasteiger partial charge in [0.25, 0.3) is 0 Å². The maximum Gasteiger partial charge on any atom is 0.176 e. The van der Waals surface area contributed by atoms with E-state index in [1.807, 2.05) is 30.5 Å². The number of carbonyl (C=O) groups is 1. The van der Waals surface area contributed by atoms with Gasteiger partial charge in [0, 0.05) is 10.3 Å². The molecular formula is C12H11BrOS. The molecule has 2 rings (SSSR count). The van der Waals surface area contributed by atoms with E-state index >= 15 is 0 Å². The number of ketones is 1. The fraction of sp³-hybridized carbons (Fsp3) is 0.250. The summed E-state index contributed by atoms with van der Waals surface area (Å²) in [6.07, 6.45) is 0.821. The topological polar surface area (TPSA) is 17.1 Å². The van der Waals surface area contributed by atoms with E-state index in [4.69, 9.17) is 0 Å². The van der Waals surface area contributed by atoms with E-state index in [0.717, 1.165) is 12.0 Å². The Morgan fingerprint density at radius 1 is 1.47 bits per heavy atom. The van der Waals surface area contributed by atoms with E-state index in [1.54, 1.807) is 11.3 Å². The van der Waals surface area contributed by atoms with E-state index in [0.29, 0.717) is 0 Å². The number of Topliss-reactive ketones (excluding diaryl/α,β-unsaturated/α-hetero) is 1. The predicted octanol–water partition coefficient (Wildman–Crippen LogP) is 4.26. The minimum absolute atomic E-state index is 0.0603. The number of carbonyl (C=O) groups excluding carboxylic acids is 1. The van der Waals surface area contributed by atoms with E-state index < -0.39 is 0 Å². The molecule has 0 radical (unpaired) electrons. The van der Waals surface area contributed by atoms with Crippen molar-refractivity contribution in [3.05, 3.63) is 35.2 Å². The number of hydrogen-bond acceptors (Lipinski definition) is 2. The molecule has 0 bridgehead atoms. The van der Waals surface area contributed by atoms with Gasteiger partial charge in [0.2, 0.25) is 0 Å². The summed E-state index contributed by atoms with van der Waals surface area (Å²) in [5, 5.41) is 3.25. The molecule has 78 valence electrons. The van der Waals surface area contributed by atoms with Crippen molar-refractivity contribution in [1.29, 1.82) is 0 Å². The second-order valence-corrected chi connectivity index (χ2v) is 5.47. The van der Waals surface area contributed by atoms with Crippen LogP contribution >= 0.6 is 27.3 Å². The summed E-state index contributed by atoms with van der Waals surface area (Å²) in [5.41, 5.74) is 0.800. The predicted molar refractivity (Wildman–Crippen MR) is 69.2 cm³/mol. The lowest BCUT2D eigenvalue weighted by molar-refractivity contribution is 0.0990. The summed E-state index contributed by atoms with van der Waals surface area (Å²) in [7, 11) is 0. The van der Waals surface area contributed by atoms with Gasteiger partial charge in [-0.2, -0.15) is 0 Å². The first-order chi connectivity index (χ1) is 7.22. The zero-order chi connectivity index (χ0) is 10.8. The zero-order valence-electron chi connectivity index (χ0n) is 8.37. The average molecular weight is 283 g/mol. The minimum atomic E-state index is -0.0603. The lowest BCUT2D eigenvalue weighted by atomic mass is 10.1. The van der Waals surface area contributed by atoms with Gasteiger partial charge in [0.05, 0.1) is 4.83 Å². The number of hydrogen-bond donors (Lipinski definition) is 0. The van der Waals surface area contributed by atoms with Gasteiger partial charge in [-0.3, -0.25) is 4.79 Å². The van der Waals surface area contributed by atoms with Crippen LogP contribution in [0.5, 0.6) is 0 Å². The Morgan fingerprint density at radius 3 is 3.00 bits per heavy atom. The van der Waals surface area contributed by atoms with E-state index in [1.165, 1.54) is 10.1 Å². The smallest absolute Gasteiger partial charge is 0.176 e. The van der Waals surface area contributed by atoms with Crippen LogP contribution in [0.3, 0.4) is 0 Å². The molecule has 1 aromatic heterocycles. The Morgan fingerprint density at radius 2 is 2.27 bits per heavy atom. The summed E-state index contributed by atoms with van der Waals surface area (Å²) in [4.78, 5) is 11.8. The maximum atomic E-state index is 11.9. The molecule has 2 aromatic rings. The molecule has 0 saturated heterocycles. The van der Waals surface area contributed by atoms with Crippen LogP contribution in [0.4, 0.5) is 0 Å². The molecule has 1 unspecified atom stereocenters. The monoisotopic (exact) mass is 282 g/mol. The molecule has 0 amide bonds. The number of thiophene rings is 1. The van der Waals surface area contributed by atoms with Gasteiger partial charge in [-0.25, -0.2) is 0 Å². The fourth-order valence-electron chi connectivity index (χ4n) is 1.47. The number of rotatable bonds is 3. The molecule has 0 aliphatic rings. The van der Waals surface area contributed by atoms with E-state index in [-0.39, 0.29) is 10.6 Å². The molecule has 0 aliphatic heterocycles. The van der Waals surface area contributed by atoms with Gasteiger partial charge in [-0.15, -0.1) is 11.3 Å². The molecule has 0 spiro atoms. The van der Waals surface area contributed by atoms with Crippen LogP contribution in [0.2, 0.25) is 0 Å². The highest BCUT2D eigenvalue weighted by Crippen LogP contribution is 2.23. The highest BCUT2D eigenvalue weighted by molar-refractivity contribution is 9.10. The molecule has 1 aromatic carbocycles. The SMILES string of the molecule is CCC(Br)C(=O)c1ccc2ccsc2c1. The number of halogens is 1. The van der Waals surface area contributed by atoms with Crippen LogP contribution in [-0.2, 0) is 0 Å². The van der Waals surface area contributed by atoms with Crippen molar-refractivity contribution < 1.29 is 4.79 Å². The molecule has 15 heavy (non-hydrogen) atoms. The maximum absolute atomic E-state index is 11.9. The Labute approximate surface area is 101 Å². The standard InChI is InChI=1S/C12H11BrOS/c1-2-10(13)12(14)9-4-3-8-5-6-15-11(8)7-9/h3-7,10H,2H2,1H3. The van der Waals surface area contributed by atoms with Crippen LogP contribution in [0.15, 0.2) is 29.6 Å². The molecule has 1 atom stereocenters. The second kappa shape index (κ2) is 4.45. The van der Waals surface area contributed by atoms with Gasteiger partial charge in [0.1, 0.15) is 0 Å². The minimum Gasteiger partial charge on any atom is -0.293 e. The van der Waals surface area contributed by atoms with E-state index in [9.17, 15) is 4.79 Å². The highest BCUT2D eigenvalue weighted by Gasteiger charge is 2.14. The lowest BCUT2D eigenvalue weighted by Crippen LogP contribution is -2.12. The number of fused-ring (bicyclic) bond motifs is 1. The fourth-order valence-corrected chi connectivity index (χ4v) is 2.57. The summed E-state index contributed by atoms with van der Waals surface area (Å²) >= 11 is 5.06. The summed E-state index contributed by atoms with van der Waals surface area (Å²) in [6, 6.07) is 7.96. The second-order valence-electron chi connectivity index (χ2n) is 3.41. The Hall–Kier alpha value is -0.670. The molecule has 0 aliphatic carbocycles. The lowest BCUT2D eigenvalue weighted by Gasteiger charge is -2.05.